The molecule has 0 N–H and O–H groups in total. The largest absolute Gasteiger partial charge is 0.462 e. The maximum Gasteiger partial charge on any atom is 0.306 e. The van der Waals surface area contributed by atoms with Gasteiger partial charge in [0, 0.05) is 19.3 Å². The Morgan fingerprint density at radius 2 is 0.549 bits per heavy atom. The number of unbranched alkanes of at least 4 members (excludes halogenated alkanes) is 29. The highest BCUT2D eigenvalue weighted by Gasteiger charge is 2.19. The van der Waals surface area contributed by atoms with Crippen molar-refractivity contribution in [2.75, 3.05) is 13.2 Å². The summed E-state index contributed by atoms with van der Waals surface area (Å²) < 4.78 is 16.8. The summed E-state index contributed by atoms with van der Waals surface area (Å²) in [6.45, 7) is 6.47. The number of carbonyl (C=O) groups excluding carboxylic acids is 3. The number of allylic oxidation sites excluding steroid dienone is 14. The third-order valence-corrected chi connectivity index (χ3v) is 12.9. The Labute approximate surface area is 439 Å². The molecular weight excluding hydrogens is 877 g/mol. The molecule has 0 bridgehead atoms. The Morgan fingerprint density at radius 1 is 0.296 bits per heavy atom. The molecule has 0 aliphatic carbocycles. The van der Waals surface area contributed by atoms with Crippen molar-refractivity contribution < 1.29 is 28.6 Å². The second kappa shape index (κ2) is 59.2. The first-order valence-corrected chi connectivity index (χ1v) is 30.1. The summed E-state index contributed by atoms with van der Waals surface area (Å²) in [6.07, 6.45) is 77.3. The summed E-state index contributed by atoms with van der Waals surface area (Å²) in [7, 11) is 0. The van der Waals surface area contributed by atoms with Gasteiger partial charge in [0.05, 0.1) is 0 Å². The SMILES string of the molecule is CC/C=C\C/C=C\C/C=C\C/C=C\CCCCC(=O)OC[C@H](COC(=O)CCCCCCCCCCCCCCCCCCCCCCC)OC(=O)CCCCCC/C=C\C/C=C\C/C=C\CCCCC. The highest BCUT2D eigenvalue weighted by Crippen LogP contribution is 2.16. The number of hydrogen-bond donors (Lipinski definition) is 0. The Kier molecular flexibility index (Phi) is 56.3. The zero-order chi connectivity index (χ0) is 51.4. The summed E-state index contributed by atoms with van der Waals surface area (Å²) in [4.78, 5) is 38.2. The van der Waals surface area contributed by atoms with Crippen LogP contribution in [0.4, 0.5) is 0 Å². The molecule has 0 aromatic rings. The second-order valence-corrected chi connectivity index (χ2v) is 19.9. The summed E-state index contributed by atoms with van der Waals surface area (Å²) in [5.74, 6) is -0.953. The molecule has 408 valence electrons. The van der Waals surface area contributed by atoms with Crippen molar-refractivity contribution in [1.29, 1.82) is 0 Å². The van der Waals surface area contributed by atoms with Crippen LogP contribution in [0.25, 0.3) is 0 Å². The van der Waals surface area contributed by atoms with E-state index in [9.17, 15) is 14.4 Å². The van der Waals surface area contributed by atoms with Gasteiger partial charge in [0.2, 0.25) is 0 Å². The third kappa shape index (κ3) is 57.4. The summed E-state index contributed by atoms with van der Waals surface area (Å²) in [5, 5.41) is 0. The van der Waals surface area contributed by atoms with Crippen molar-refractivity contribution in [2.45, 2.75) is 297 Å². The normalized spacial score (nSPS) is 12.7. The first-order valence-electron chi connectivity index (χ1n) is 30.1. The van der Waals surface area contributed by atoms with E-state index in [-0.39, 0.29) is 31.1 Å². The van der Waals surface area contributed by atoms with E-state index < -0.39 is 6.10 Å². The summed E-state index contributed by atoms with van der Waals surface area (Å²) in [5.41, 5.74) is 0. The minimum absolute atomic E-state index is 0.0970. The van der Waals surface area contributed by atoms with Gasteiger partial charge in [0.1, 0.15) is 13.2 Å². The van der Waals surface area contributed by atoms with Gasteiger partial charge in [-0.05, 0) is 96.3 Å². The molecule has 0 saturated heterocycles. The zero-order valence-corrected chi connectivity index (χ0v) is 46.7. The third-order valence-electron chi connectivity index (χ3n) is 12.9. The van der Waals surface area contributed by atoms with E-state index >= 15 is 0 Å². The lowest BCUT2D eigenvalue weighted by Crippen LogP contribution is -2.30. The van der Waals surface area contributed by atoms with E-state index in [2.05, 4.69) is 106 Å². The van der Waals surface area contributed by atoms with Gasteiger partial charge in [-0.2, -0.15) is 0 Å². The molecule has 0 aromatic carbocycles. The van der Waals surface area contributed by atoms with E-state index in [0.29, 0.717) is 19.3 Å². The van der Waals surface area contributed by atoms with Crippen LogP contribution >= 0.6 is 0 Å². The average molecular weight is 990 g/mol. The quantitative estimate of drug-likeness (QED) is 0.0261. The Balaban J connectivity index is 4.41. The standard InChI is InChI=1S/C65H112O6/c1-4-7-10-13-16-19-22-25-28-30-31-32-33-35-37-40-43-46-49-52-55-58-64(67)70-61-62(60-69-63(66)57-54-51-48-45-42-39-36-27-24-21-18-15-12-9-6-3)71-65(68)59-56-53-50-47-44-41-38-34-29-26-23-20-17-14-11-8-5-2/h9,12,17-18,20-21,26-27,29,36,38,41-42,45,62H,4-8,10-11,13-16,19,22-25,28,30-35,37,39-40,43-44,46-61H2,1-3H3/b12-9-,20-17-,21-18-,29-26-,36-27-,41-38-,45-42-/t62-/m1/s1. The molecule has 6 nitrogen and oxygen atoms in total. The van der Waals surface area contributed by atoms with Crippen LogP contribution in [0, 0.1) is 0 Å². The van der Waals surface area contributed by atoms with Crippen molar-refractivity contribution >= 4 is 17.9 Å². The molecule has 6 heteroatoms. The fourth-order valence-electron chi connectivity index (χ4n) is 8.38. The van der Waals surface area contributed by atoms with Gasteiger partial charge in [0.25, 0.3) is 0 Å². The van der Waals surface area contributed by atoms with Crippen LogP contribution in [0.5, 0.6) is 0 Å². The molecule has 0 aromatic heterocycles. The van der Waals surface area contributed by atoms with Gasteiger partial charge in [0.15, 0.2) is 6.10 Å². The smallest absolute Gasteiger partial charge is 0.306 e. The molecule has 0 aliphatic heterocycles. The predicted octanol–water partition coefficient (Wildman–Crippen LogP) is 20.3. The van der Waals surface area contributed by atoms with Gasteiger partial charge in [-0.25, -0.2) is 0 Å². The first kappa shape index (κ1) is 67.6. The monoisotopic (exact) mass is 989 g/mol. The van der Waals surface area contributed by atoms with E-state index in [4.69, 9.17) is 14.2 Å². The Bertz CT molecular complexity index is 1370. The van der Waals surface area contributed by atoms with Gasteiger partial charge in [-0.1, -0.05) is 260 Å². The van der Waals surface area contributed by atoms with E-state index in [1.54, 1.807) is 0 Å². The molecule has 0 amide bonds. The number of carbonyl (C=O) groups is 3. The van der Waals surface area contributed by atoms with Crippen molar-refractivity contribution in [3.05, 3.63) is 85.1 Å². The lowest BCUT2D eigenvalue weighted by Gasteiger charge is -2.18. The molecule has 0 heterocycles. The highest BCUT2D eigenvalue weighted by molar-refractivity contribution is 5.71. The molecule has 0 fully saturated rings. The molecule has 1 atom stereocenters. The van der Waals surface area contributed by atoms with E-state index in [0.717, 1.165) is 109 Å². The fourth-order valence-corrected chi connectivity index (χ4v) is 8.38. The number of esters is 3. The van der Waals surface area contributed by atoms with Gasteiger partial charge in [-0.15, -0.1) is 0 Å². The molecule has 0 unspecified atom stereocenters. The molecule has 71 heavy (non-hydrogen) atoms. The van der Waals surface area contributed by atoms with Crippen LogP contribution < -0.4 is 0 Å². The number of ether oxygens (including phenoxy) is 3. The van der Waals surface area contributed by atoms with Crippen molar-refractivity contribution in [1.82, 2.24) is 0 Å². The summed E-state index contributed by atoms with van der Waals surface area (Å²) in [6, 6.07) is 0. The van der Waals surface area contributed by atoms with Crippen LogP contribution in [-0.2, 0) is 28.6 Å². The van der Waals surface area contributed by atoms with Gasteiger partial charge < -0.3 is 14.2 Å². The van der Waals surface area contributed by atoms with Crippen LogP contribution in [-0.4, -0.2) is 37.2 Å². The fraction of sp³-hybridized carbons (Fsp3) is 0.738. The van der Waals surface area contributed by atoms with Crippen LogP contribution in [0.15, 0.2) is 85.1 Å². The van der Waals surface area contributed by atoms with Gasteiger partial charge >= 0.3 is 17.9 Å². The van der Waals surface area contributed by atoms with Gasteiger partial charge in [-0.3, -0.25) is 14.4 Å². The van der Waals surface area contributed by atoms with Crippen molar-refractivity contribution in [3.8, 4) is 0 Å². The maximum atomic E-state index is 12.9. The number of hydrogen-bond acceptors (Lipinski definition) is 6. The van der Waals surface area contributed by atoms with Crippen LogP contribution in [0.1, 0.15) is 290 Å². The minimum atomic E-state index is -0.805. The molecule has 0 spiro atoms. The van der Waals surface area contributed by atoms with Crippen molar-refractivity contribution in [2.24, 2.45) is 0 Å². The Hall–Kier alpha value is -3.41. The zero-order valence-electron chi connectivity index (χ0n) is 46.7. The lowest BCUT2D eigenvalue weighted by atomic mass is 10.0. The highest BCUT2D eigenvalue weighted by atomic mass is 16.6. The average Bonchev–Trinajstić information content (AvgIpc) is 3.37. The van der Waals surface area contributed by atoms with E-state index in [1.807, 2.05) is 0 Å². The molecule has 0 saturated carbocycles. The lowest BCUT2D eigenvalue weighted by molar-refractivity contribution is -0.167. The predicted molar refractivity (Wildman–Crippen MR) is 307 cm³/mol. The molecular formula is C65H112O6. The van der Waals surface area contributed by atoms with Crippen LogP contribution in [0.2, 0.25) is 0 Å². The topological polar surface area (TPSA) is 78.9 Å². The number of rotatable bonds is 54. The summed E-state index contributed by atoms with van der Waals surface area (Å²) >= 11 is 0. The van der Waals surface area contributed by atoms with E-state index in [1.165, 1.54) is 141 Å². The first-order chi connectivity index (χ1) is 35.0. The molecule has 0 aliphatic rings. The molecule has 0 rings (SSSR count). The van der Waals surface area contributed by atoms with Crippen molar-refractivity contribution in [3.63, 3.8) is 0 Å². The second-order valence-electron chi connectivity index (χ2n) is 19.9. The molecule has 0 radical (unpaired) electrons. The van der Waals surface area contributed by atoms with Crippen LogP contribution in [0.3, 0.4) is 0 Å². The minimum Gasteiger partial charge on any atom is -0.462 e. The Morgan fingerprint density at radius 3 is 0.915 bits per heavy atom. The maximum absolute atomic E-state index is 12.9.